The molecule has 0 bridgehead atoms. The lowest BCUT2D eigenvalue weighted by atomic mass is 10.1. The lowest BCUT2D eigenvalue weighted by Gasteiger charge is -2.34. The van der Waals surface area contributed by atoms with E-state index in [1.165, 1.54) is 5.56 Å². The van der Waals surface area contributed by atoms with Crippen LogP contribution in [-0.2, 0) is 16.6 Å². The van der Waals surface area contributed by atoms with Crippen LogP contribution in [0.5, 0.6) is 0 Å². The van der Waals surface area contributed by atoms with Gasteiger partial charge in [-0.2, -0.15) is 4.31 Å². The summed E-state index contributed by atoms with van der Waals surface area (Å²) in [6, 6.07) is 17.1. The van der Waals surface area contributed by atoms with Crippen LogP contribution in [0.15, 0.2) is 71.9 Å². The zero-order chi connectivity index (χ0) is 18.0. The zero-order valence-electron chi connectivity index (χ0n) is 14.5. The highest BCUT2D eigenvalue weighted by molar-refractivity contribution is 7.89. The summed E-state index contributed by atoms with van der Waals surface area (Å²) in [5.41, 5.74) is 1.20. The summed E-state index contributed by atoms with van der Waals surface area (Å²) in [4.78, 5) is 6.72. The highest BCUT2D eigenvalue weighted by atomic mass is 32.2. The maximum atomic E-state index is 13.2. The lowest BCUT2D eigenvalue weighted by Crippen LogP contribution is -2.48. The second-order valence-electron chi connectivity index (χ2n) is 6.51. The van der Waals surface area contributed by atoms with Gasteiger partial charge in [-0.3, -0.25) is 9.88 Å². The first kappa shape index (κ1) is 17.1. The zero-order valence-corrected chi connectivity index (χ0v) is 15.3. The molecule has 6 heteroatoms. The molecule has 1 aliphatic heterocycles. The third-order valence-electron chi connectivity index (χ3n) is 4.85. The van der Waals surface area contributed by atoms with Crippen LogP contribution in [0.3, 0.4) is 0 Å². The molecule has 0 saturated carbocycles. The van der Waals surface area contributed by atoms with Crippen molar-refractivity contribution in [3.05, 3.63) is 72.6 Å². The molecule has 1 saturated heterocycles. The van der Waals surface area contributed by atoms with Gasteiger partial charge in [0, 0.05) is 50.5 Å². The van der Waals surface area contributed by atoms with Crippen molar-refractivity contribution >= 4 is 20.8 Å². The average Bonchev–Trinajstić information content (AvgIpc) is 2.69. The Kier molecular flexibility index (Phi) is 4.72. The molecular weight excluding hydrogens is 346 g/mol. The Morgan fingerprint density at radius 3 is 2.31 bits per heavy atom. The van der Waals surface area contributed by atoms with E-state index >= 15 is 0 Å². The largest absolute Gasteiger partial charge is 0.296 e. The Hall–Kier alpha value is -2.28. The van der Waals surface area contributed by atoms with Crippen LogP contribution in [0.1, 0.15) is 5.56 Å². The van der Waals surface area contributed by atoms with E-state index in [9.17, 15) is 8.42 Å². The highest BCUT2D eigenvalue weighted by Gasteiger charge is 2.29. The van der Waals surface area contributed by atoms with Gasteiger partial charge < -0.3 is 0 Å². The number of rotatable bonds is 4. The van der Waals surface area contributed by atoms with Crippen molar-refractivity contribution in [1.82, 2.24) is 14.2 Å². The molecule has 134 valence electrons. The molecule has 0 atom stereocenters. The summed E-state index contributed by atoms with van der Waals surface area (Å²) in [6.07, 6.45) is 3.58. The van der Waals surface area contributed by atoms with E-state index in [1.54, 1.807) is 22.8 Å². The number of piperazine rings is 1. The van der Waals surface area contributed by atoms with Crippen LogP contribution in [0.25, 0.3) is 10.8 Å². The van der Waals surface area contributed by atoms with Gasteiger partial charge in [-0.1, -0.05) is 36.4 Å². The van der Waals surface area contributed by atoms with E-state index in [2.05, 4.69) is 9.88 Å². The van der Waals surface area contributed by atoms with Gasteiger partial charge in [-0.25, -0.2) is 8.42 Å². The number of pyridine rings is 1. The first-order valence-corrected chi connectivity index (χ1v) is 10.2. The Bertz CT molecular complexity index is 993. The number of sulfonamides is 1. The predicted octanol–water partition coefficient (Wildman–Crippen LogP) is 2.74. The van der Waals surface area contributed by atoms with Crippen LogP contribution in [0.2, 0.25) is 0 Å². The topological polar surface area (TPSA) is 53.5 Å². The third kappa shape index (κ3) is 3.35. The van der Waals surface area contributed by atoms with Gasteiger partial charge in [0.25, 0.3) is 0 Å². The van der Waals surface area contributed by atoms with Gasteiger partial charge in [0.05, 0.1) is 4.90 Å². The van der Waals surface area contributed by atoms with E-state index in [0.29, 0.717) is 18.0 Å². The lowest BCUT2D eigenvalue weighted by molar-refractivity contribution is 0.181. The summed E-state index contributed by atoms with van der Waals surface area (Å²) in [6.45, 7) is 3.30. The van der Waals surface area contributed by atoms with Gasteiger partial charge >= 0.3 is 0 Å². The summed E-state index contributed by atoms with van der Waals surface area (Å²) in [5, 5.41) is 1.74. The molecule has 0 N–H and O–H groups in total. The van der Waals surface area contributed by atoms with Crippen LogP contribution in [-0.4, -0.2) is 48.8 Å². The minimum absolute atomic E-state index is 0.401. The van der Waals surface area contributed by atoms with Crippen LogP contribution in [0.4, 0.5) is 0 Å². The molecule has 0 spiro atoms. The molecule has 5 nitrogen and oxygen atoms in total. The molecule has 1 fully saturated rings. The van der Waals surface area contributed by atoms with E-state index in [4.69, 9.17) is 0 Å². The number of benzene rings is 2. The Morgan fingerprint density at radius 2 is 1.54 bits per heavy atom. The van der Waals surface area contributed by atoms with Crippen molar-refractivity contribution in [2.24, 2.45) is 0 Å². The first-order valence-electron chi connectivity index (χ1n) is 8.74. The van der Waals surface area contributed by atoms with E-state index in [0.717, 1.165) is 30.4 Å². The van der Waals surface area contributed by atoms with Crippen molar-refractivity contribution in [2.45, 2.75) is 11.4 Å². The summed E-state index contributed by atoms with van der Waals surface area (Å²) in [5.74, 6) is 0. The standard InChI is InChI=1S/C20H21N3O2S/c24-26(25,20-7-3-5-18-4-1-2-6-19(18)20)23-14-12-22(13-15-23)16-17-8-10-21-11-9-17/h1-11H,12-16H2. The fourth-order valence-corrected chi connectivity index (χ4v) is 5.07. The second kappa shape index (κ2) is 7.15. The van der Waals surface area contributed by atoms with Crippen LogP contribution in [0, 0.1) is 0 Å². The Morgan fingerprint density at radius 1 is 0.846 bits per heavy atom. The highest BCUT2D eigenvalue weighted by Crippen LogP contribution is 2.26. The molecule has 0 aliphatic carbocycles. The minimum Gasteiger partial charge on any atom is -0.296 e. The third-order valence-corrected chi connectivity index (χ3v) is 6.81. The molecule has 2 aromatic carbocycles. The normalized spacial score (nSPS) is 16.8. The molecule has 0 amide bonds. The smallest absolute Gasteiger partial charge is 0.243 e. The number of fused-ring (bicyclic) bond motifs is 1. The molecule has 1 aliphatic rings. The maximum Gasteiger partial charge on any atom is 0.243 e. The van der Waals surface area contributed by atoms with Gasteiger partial charge in [0.1, 0.15) is 0 Å². The average molecular weight is 367 g/mol. The number of hydrogen-bond acceptors (Lipinski definition) is 4. The second-order valence-corrected chi connectivity index (χ2v) is 8.42. The van der Waals surface area contributed by atoms with E-state index in [1.807, 2.05) is 48.5 Å². The molecular formula is C20H21N3O2S. The Balaban J connectivity index is 1.51. The van der Waals surface area contributed by atoms with Crippen molar-refractivity contribution in [3.8, 4) is 0 Å². The van der Waals surface area contributed by atoms with Gasteiger partial charge in [-0.05, 0) is 29.1 Å². The monoisotopic (exact) mass is 367 g/mol. The van der Waals surface area contributed by atoms with E-state index in [-0.39, 0.29) is 0 Å². The first-order chi connectivity index (χ1) is 12.6. The molecule has 1 aromatic heterocycles. The van der Waals surface area contributed by atoms with Crippen molar-refractivity contribution in [3.63, 3.8) is 0 Å². The number of nitrogens with zero attached hydrogens (tertiary/aromatic N) is 3. The molecule has 0 unspecified atom stereocenters. The fourth-order valence-electron chi connectivity index (χ4n) is 3.43. The SMILES string of the molecule is O=S(=O)(c1cccc2ccccc12)N1CCN(Cc2ccncc2)CC1. The molecule has 2 heterocycles. The van der Waals surface area contributed by atoms with Crippen molar-refractivity contribution in [1.29, 1.82) is 0 Å². The number of aromatic nitrogens is 1. The summed E-state index contributed by atoms with van der Waals surface area (Å²) >= 11 is 0. The molecule has 4 rings (SSSR count). The Labute approximate surface area is 153 Å². The molecule has 26 heavy (non-hydrogen) atoms. The number of hydrogen-bond donors (Lipinski definition) is 0. The summed E-state index contributed by atoms with van der Waals surface area (Å²) in [7, 11) is -3.49. The predicted molar refractivity (Wildman–Crippen MR) is 102 cm³/mol. The quantitative estimate of drug-likeness (QED) is 0.712. The minimum atomic E-state index is -3.49. The van der Waals surface area contributed by atoms with Crippen LogP contribution < -0.4 is 0 Å². The van der Waals surface area contributed by atoms with Gasteiger partial charge in [0.15, 0.2) is 0 Å². The van der Waals surface area contributed by atoms with Gasteiger partial charge in [-0.15, -0.1) is 0 Å². The molecule has 0 radical (unpaired) electrons. The van der Waals surface area contributed by atoms with Crippen LogP contribution >= 0.6 is 0 Å². The van der Waals surface area contributed by atoms with E-state index < -0.39 is 10.0 Å². The molecule has 3 aromatic rings. The van der Waals surface area contributed by atoms with Gasteiger partial charge in [0.2, 0.25) is 10.0 Å². The van der Waals surface area contributed by atoms with Crippen molar-refractivity contribution in [2.75, 3.05) is 26.2 Å². The maximum absolute atomic E-state index is 13.2. The fraction of sp³-hybridized carbons (Fsp3) is 0.250. The van der Waals surface area contributed by atoms with Crippen molar-refractivity contribution < 1.29 is 8.42 Å². The summed E-state index contributed by atoms with van der Waals surface area (Å²) < 4.78 is 27.9.